The Balaban J connectivity index is 1.69. The van der Waals surface area contributed by atoms with E-state index in [-0.39, 0.29) is 17.8 Å². The number of aliphatic hydroxyl groups excluding tert-OH is 1. The fourth-order valence-corrected chi connectivity index (χ4v) is 3.88. The van der Waals surface area contributed by atoms with Crippen molar-refractivity contribution in [1.29, 1.82) is 0 Å². The number of nitrogens with zero attached hydrogens (tertiary/aromatic N) is 4. The number of anilines is 1. The van der Waals surface area contributed by atoms with E-state index in [4.69, 9.17) is 0 Å². The lowest BCUT2D eigenvalue weighted by Crippen LogP contribution is -2.42. The van der Waals surface area contributed by atoms with Crippen LogP contribution in [0.4, 0.5) is 5.82 Å². The van der Waals surface area contributed by atoms with Gasteiger partial charge in [-0.2, -0.15) is 0 Å². The van der Waals surface area contributed by atoms with Crippen LogP contribution in [-0.2, 0) is 0 Å². The highest BCUT2D eigenvalue weighted by Crippen LogP contribution is 2.26. The van der Waals surface area contributed by atoms with Crippen LogP contribution in [0, 0.1) is 13.8 Å². The molecule has 0 radical (unpaired) electrons. The van der Waals surface area contributed by atoms with Crippen LogP contribution in [0.15, 0.2) is 0 Å². The second-order valence-electron chi connectivity index (χ2n) is 7.88. The van der Waals surface area contributed by atoms with Gasteiger partial charge in [-0.05, 0) is 46.0 Å². The molecule has 1 amide bonds. The minimum absolute atomic E-state index is 0.118. The molecule has 0 bridgehead atoms. The van der Waals surface area contributed by atoms with Crippen LogP contribution >= 0.6 is 0 Å². The van der Waals surface area contributed by atoms with Gasteiger partial charge in [0, 0.05) is 50.5 Å². The largest absolute Gasteiger partial charge is 0.393 e. The summed E-state index contributed by atoms with van der Waals surface area (Å²) in [5.41, 5.74) is 1.90. The van der Waals surface area contributed by atoms with Gasteiger partial charge in [-0.3, -0.25) is 4.79 Å². The molecule has 7 heteroatoms. The van der Waals surface area contributed by atoms with Crippen molar-refractivity contribution in [3.05, 3.63) is 17.1 Å². The fourth-order valence-electron chi connectivity index (χ4n) is 3.88. The summed E-state index contributed by atoms with van der Waals surface area (Å²) in [6.07, 6.45) is 4.84. The van der Waals surface area contributed by atoms with Crippen LogP contribution in [-0.4, -0.2) is 71.3 Å². The molecule has 3 rings (SSSR count). The number of aryl methyl sites for hydroxylation is 1. The first-order valence-electron chi connectivity index (χ1n) is 9.61. The molecule has 2 heterocycles. The Bertz CT molecular complexity index is 656. The molecule has 2 fully saturated rings. The minimum Gasteiger partial charge on any atom is -0.393 e. The maximum Gasteiger partial charge on any atom is 0.291 e. The maximum absolute atomic E-state index is 12.3. The summed E-state index contributed by atoms with van der Waals surface area (Å²) in [6.45, 7) is 5.79. The van der Waals surface area contributed by atoms with Crippen molar-refractivity contribution in [3.8, 4) is 0 Å². The number of amides is 1. The van der Waals surface area contributed by atoms with Crippen molar-refractivity contribution in [2.45, 2.75) is 64.1 Å². The zero-order valence-corrected chi connectivity index (χ0v) is 16.3. The molecule has 144 valence electrons. The quantitative estimate of drug-likeness (QED) is 0.840. The van der Waals surface area contributed by atoms with Gasteiger partial charge in [-0.1, -0.05) is 0 Å². The lowest BCUT2D eigenvalue weighted by Gasteiger charge is -2.29. The molecule has 1 saturated carbocycles. The van der Waals surface area contributed by atoms with Gasteiger partial charge in [0.2, 0.25) is 5.82 Å². The van der Waals surface area contributed by atoms with E-state index in [2.05, 4.69) is 20.2 Å². The van der Waals surface area contributed by atoms with E-state index in [1.54, 1.807) is 14.1 Å². The Kier molecular flexibility index (Phi) is 5.77. The van der Waals surface area contributed by atoms with Gasteiger partial charge >= 0.3 is 0 Å². The topological polar surface area (TPSA) is 81.6 Å². The van der Waals surface area contributed by atoms with E-state index >= 15 is 0 Å². The standard InChI is InChI=1S/C19H31N5O2/c1-12-13(2)20-17(19(26)23(3)4)22-18(12)24-10-9-15(11-24)21-14-5-7-16(25)8-6-14/h14-16,21,25H,5-11H2,1-4H3/t14?,15-,16?/m1/s1. The van der Waals surface area contributed by atoms with E-state index < -0.39 is 0 Å². The lowest BCUT2D eigenvalue weighted by molar-refractivity contribution is 0.0815. The monoisotopic (exact) mass is 361 g/mol. The van der Waals surface area contributed by atoms with Gasteiger partial charge in [0.1, 0.15) is 5.82 Å². The van der Waals surface area contributed by atoms with Gasteiger partial charge in [0.15, 0.2) is 0 Å². The molecule has 7 nitrogen and oxygen atoms in total. The van der Waals surface area contributed by atoms with Crippen molar-refractivity contribution in [1.82, 2.24) is 20.2 Å². The van der Waals surface area contributed by atoms with Crippen LogP contribution in [0.5, 0.6) is 0 Å². The van der Waals surface area contributed by atoms with E-state index in [1.807, 2.05) is 13.8 Å². The van der Waals surface area contributed by atoms with Crippen molar-refractivity contribution in [2.24, 2.45) is 0 Å². The Hall–Kier alpha value is -1.73. The molecule has 0 aromatic carbocycles. The van der Waals surface area contributed by atoms with Gasteiger partial charge in [-0.15, -0.1) is 0 Å². The van der Waals surface area contributed by atoms with E-state index in [0.717, 1.165) is 62.3 Å². The number of aliphatic hydroxyl groups is 1. The molecule has 0 unspecified atom stereocenters. The molecule has 2 aliphatic rings. The SMILES string of the molecule is Cc1nc(C(=O)N(C)C)nc(N2CC[C@@H](NC3CCC(O)CC3)C2)c1C. The van der Waals surface area contributed by atoms with Gasteiger partial charge in [-0.25, -0.2) is 9.97 Å². The highest BCUT2D eigenvalue weighted by molar-refractivity contribution is 5.90. The number of hydrogen-bond donors (Lipinski definition) is 2. The number of carbonyl (C=O) groups excluding carboxylic acids is 1. The summed E-state index contributed by atoms with van der Waals surface area (Å²) >= 11 is 0. The molecular weight excluding hydrogens is 330 g/mol. The van der Waals surface area contributed by atoms with E-state index in [9.17, 15) is 9.90 Å². The third-order valence-corrected chi connectivity index (χ3v) is 5.62. The number of carbonyl (C=O) groups is 1. The zero-order valence-electron chi connectivity index (χ0n) is 16.3. The van der Waals surface area contributed by atoms with Gasteiger partial charge < -0.3 is 20.2 Å². The summed E-state index contributed by atoms with van der Waals surface area (Å²) < 4.78 is 0. The number of aromatic nitrogens is 2. The number of hydrogen-bond acceptors (Lipinski definition) is 6. The normalized spacial score (nSPS) is 26.2. The average molecular weight is 361 g/mol. The molecule has 1 aromatic rings. The third-order valence-electron chi connectivity index (χ3n) is 5.62. The summed E-state index contributed by atoms with van der Waals surface area (Å²) in [6, 6.07) is 0.931. The summed E-state index contributed by atoms with van der Waals surface area (Å²) in [5.74, 6) is 0.987. The Labute approximate surface area is 155 Å². The first-order valence-corrected chi connectivity index (χ1v) is 9.61. The van der Waals surface area contributed by atoms with Crippen molar-refractivity contribution in [3.63, 3.8) is 0 Å². The molecule has 2 N–H and O–H groups in total. The minimum atomic E-state index is -0.163. The van der Waals surface area contributed by atoms with Crippen molar-refractivity contribution >= 4 is 11.7 Å². The van der Waals surface area contributed by atoms with Gasteiger partial charge in [0.05, 0.1) is 6.10 Å². The van der Waals surface area contributed by atoms with Crippen molar-refractivity contribution < 1.29 is 9.90 Å². The maximum atomic E-state index is 12.3. The van der Waals surface area contributed by atoms with Crippen molar-refractivity contribution in [2.75, 3.05) is 32.1 Å². The van der Waals surface area contributed by atoms with Crippen LogP contribution in [0.25, 0.3) is 0 Å². The third kappa shape index (κ3) is 4.15. The zero-order chi connectivity index (χ0) is 18.8. The molecule has 0 spiro atoms. The Morgan fingerprint density at radius 3 is 2.46 bits per heavy atom. The van der Waals surface area contributed by atoms with Gasteiger partial charge in [0.25, 0.3) is 5.91 Å². The molecular formula is C19H31N5O2. The summed E-state index contributed by atoms with van der Waals surface area (Å²) in [5, 5.41) is 13.4. The second-order valence-corrected chi connectivity index (χ2v) is 7.88. The summed E-state index contributed by atoms with van der Waals surface area (Å²) in [7, 11) is 3.44. The molecule has 1 aliphatic carbocycles. The average Bonchev–Trinajstić information content (AvgIpc) is 3.06. The highest BCUT2D eigenvalue weighted by atomic mass is 16.3. The first-order chi connectivity index (χ1) is 12.3. The van der Waals surface area contributed by atoms with Crippen LogP contribution < -0.4 is 10.2 Å². The number of rotatable bonds is 4. The second kappa shape index (κ2) is 7.88. The molecule has 1 saturated heterocycles. The molecule has 1 aliphatic heterocycles. The first kappa shape index (κ1) is 19.0. The van der Waals surface area contributed by atoms with E-state index in [1.165, 1.54) is 4.90 Å². The summed E-state index contributed by atoms with van der Waals surface area (Å²) in [4.78, 5) is 25.0. The van der Waals surface area contributed by atoms with Crippen LogP contribution in [0.3, 0.4) is 0 Å². The Morgan fingerprint density at radius 2 is 1.81 bits per heavy atom. The highest BCUT2D eigenvalue weighted by Gasteiger charge is 2.29. The lowest BCUT2D eigenvalue weighted by atomic mass is 9.92. The molecule has 1 aromatic heterocycles. The number of nitrogens with one attached hydrogen (secondary N) is 1. The fraction of sp³-hybridized carbons (Fsp3) is 0.737. The molecule has 1 atom stereocenters. The predicted octanol–water partition coefficient (Wildman–Crippen LogP) is 1.27. The Morgan fingerprint density at radius 1 is 1.12 bits per heavy atom. The predicted molar refractivity (Wildman–Crippen MR) is 102 cm³/mol. The van der Waals surface area contributed by atoms with E-state index in [0.29, 0.717) is 12.1 Å². The van der Waals surface area contributed by atoms with Crippen LogP contribution in [0.2, 0.25) is 0 Å². The van der Waals surface area contributed by atoms with Crippen LogP contribution in [0.1, 0.15) is 54.0 Å². The smallest absolute Gasteiger partial charge is 0.291 e. The molecule has 26 heavy (non-hydrogen) atoms.